The van der Waals surface area contributed by atoms with Gasteiger partial charge in [-0.05, 0) is 25.1 Å². The second kappa shape index (κ2) is 5.01. The lowest BCUT2D eigenvalue weighted by Crippen LogP contribution is -2.18. The number of anilines is 1. The van der Waals surface area contributed by atoms with Crippen LogP contribution >= 0.6 is 0 Å². The highest BCUT2D eigenvalue weighted by molar-refractivity contribution is 6.02. The Morgan fingerprint density at radius 2 is 2.19 bits per heavy atom. The van der Waals surface area contributed by atoms with E-state index in [4.69, 9.17) is 0 Å². The molecule has 0 saturated heterocycles. The van der Waals surface area contributed by atoms with Gasteiger partial charge in [-0.2, -0.15) is 5.10 Å². The van der Waals surface area contributed by atoms with Gasteiger partial charge in [0.1, 0.15) is 11.5 Å². The van der Waals surface area contributed by atoms with E-state index in [0.717, 1.165) is 5.52 Å². The highest BCUT2D eigenvalue weighted by Crippen LogP contribution is 2.21. The first-order valence-electron chi connectivity index (χ1n) is 6.55. The molecule has 0 aliphatic heterocycles. The van der Waals surface area contributed by atoms with Crippen LogP contribution in [-0.4, -0.2) is 25.2 Å². The molecular formula is C14H14FN5O. The van der Waals surface area contributed by atoms with Crippen LogP contribution < -0.4 is 5.32 Å². The van der Waals surface area contributed by atoms with E-state index in [0.29, 0.717) is 23.7 Å². The Balaban J connectivity index is 2.00. The van der Waals surface area contributed by atoms with E-state index in [9.17, 15) is 9.18 Å². The smallest absolute Gasteiger partial charge is 0.276 e. The fourth-order valence-corrected chi connectivity index (χ4v) is 2.28. The molecule has 2 heterocycles. The van der Waals surface area contributed by atoms with Gasteiger partial charge < -0.3 is 4.57 Å². The predicted molar refractivity (Wildman–Crippen MR) is 76.5 cm³/mol. The molecule has 0 radical (unpaired) electrons. The van der Waals surface area contributed by atoms with Crippen molar-refractivity contribution in [3.05, 3.63) is 42.0 Å². The Labute approximate surface area is 120 Å². The molecule has 0 spiro atoms. The van der Waals surface area contributed by atoms with Crippen molar-refractivity contribution < 1.29 is 9.18 Å². The van der Waals surface area contributed by atoms with Gasteiger partial charge in [-0.1, -0.05) is 0 Å². The molecule has 0 unspecified atom stereocenters. The van der Waals surface area contributed by atoms with Crippen molar-refractivity contribution >= 4 is 22.9 Å². The number of fused-ring (bicyclic) bond motifs is 1. The summed E-state index contributed by atoms with van der Waals surface area (Å²) in [6.07, 6.45) is 1.55. The zero-order valence-electron chi connectivity index (χ0n) is 11.7. The number of hydrogen-bond acceptors (Lipinski definition) is 3. The van der Waals surface area contributed by atoms with Gasteiger partial charge >= 0.3 is 0 Å². The van der Waals surface area contributed by atoms with Crippen LogP contribution in [0.15, 0.2) is 30.5 Å². The third-order valence-electron chi connectivity index (χ3n) is 3.31. The van der Waals surface area contributed by atoms with E-state index in [1.165, 1.54) is 16.8 Å². The van der Waals surface area contributed by atoms with E-state index in [1.807, 2.05) is 11.5 Å². The van der Waals surface area contributed by atoms with Gasteiger partial charge in [0.15, 0.2) is 0 Å². The Morgan fingerprint density at radius 3 is 2.86 bits per heavy atom. The normalized spacial score (nSPS) is 11.0. The van der Waals surface area contributed by atoms with Gasteiger partial charge in [0.05, 0.1) is 11.0 Å². The molecule has 21 heavy (non-hydrogen) atoms. The summed E-state index contributed by atoms with van der Waals surface area (Å²) < 4.78 is 16.6. The number of imidazole rings is 1. The summed E-state index contributed by atoms with van der Waals surface area (Å²) in [5.41, 5.74) is 1.72. The molecule has 0 saturated carbocycles. The molecule has 2 aromatic heterocycles. The molecule has 1 amide bonds. The van der Waals surface area contributed by atoms with Crippen LogP contribution in [0.2, 0.25) is 0 Å². The highest BCUT2D eigenvalue weighted by atomic mass is 19.1. The molecule has 7 heteroatoms. The summed E-state index contributed by atoms with van der Waals surface area (Å²) in [5.74, 6) is -0.266. The number of carbonyl (C=O) groups is 1. The summed E-state index contributed by atoms with van der Waals surface area (Å²) >= 11 is 0. The zero-order valence-corrected chi connectivity index (χ0v) is 11.7. The third kappa shape index (κ3) is 2.26. The summed E-state index contributed by atoms with van der Waals surface area (Å²) in [6, 6.07) is 6.00. The molecule has 0 bridgehead atoms. The van der Waals surface area contributed by atoms with Crippen LogP contribution in [0.4, 0.5) is 10.3 Å². The Kier molecular flexibility index (Phi) is 3.17. The minimum Gasteiger partial charge on any atom is -0.310 e. The van der Waals surface area contributed by atoms with Gasteiger partial charge in [-0.15, -0.1) is 0 Å². The van der Waals surface area contributed by atoms with Crippen LogP contribution in [0, 0.1) is 5.82 Å². The van der Waals surface area contributed by atoms with E-state index < -0.39 is 0 Å². The molecule has 0 aliphatic rings. The fraction of sp³-hybridized carbons (Fsp3) is 0.214. The van der Waals surface area contributed by atoms with Crippen LogP contribution in [0.1, 0.15) is 17.4 Å². The van der Waals surface area contributed by atoms with Gasteiger partial charge in [-0.3, -0.25) is 14.8 Å². The first kappa shape index (κ1) is 13.3. The molecule has 0 fully saturated rings. The van der Waals surface area contributed by atoms with Crippen molar-refractivity contribution in [2.75, 3.05) is 5.32 Å². The minimum atomic E-state index is -0.354. The molecule has 3 rings (SSSR count). The molecule has 108 valence electrons. The van der Waals surface area contributed by atoms with E-state index in [2.05, 4.69) is 15.4 Å². The number of halogens is 1. The maximum atomic E-state index is 13.3. The van der Waals surface area contributed by atoms with Gasteiger partial charge in [0, 0.05) is 25.9 Å². The molecule has 3 aromatic rings. The number of aryl methyl sites for hydroxylation is 2. The number of nitrogens with zero attached hydrogens (tertiary/aromatic N) is 4. The number of aromatic nitrogens is 4. The SMILES string of the molecule is CCn1c(NC(=O)c2ccnn2C)nc2cc(F)ccc21. The molecule has 0 aliphatic carbocycles. The largest absolute Gasteiger partial charge is 0.310 e. The lowest BCUT2D eigenvalue weighted by atomic mass is 10.3. The number of nitrogens with one attached hydrogen (secondary N) is 1. The second-order valence-corrected chi connectivity index (χ2v) is 4.61. The Morgan fingerprint density at radius 1 is 1.38 bits per heavy atom. The molecular weight excluding hydrogens is 273 g/mol. The third-order valence-corrected chi connectivity index (χ3v) is 3.31. The zero-order chi connectivity index (χ0) is 15.0. The van der Waals surface area contributed by atoms with Crippen LogP contribution in [0.3, 0.4) is 0 Å². The van der Waals surface area contributed by atoms with Gasteiger partial charge in [-0.25, -0.2) is 9.37 Å². The second-order valence-electron chi connectivity index (χ2n) is 4.61. The van der Waals surface area contributed by atoms with E-state index in [-0.39, 0.29) is 11.7 Å². The van der Waals surface area contributed by atoms with E-state index in [1.54, 1.807) is 25.4 Å². The number of carbonyl (C=O) groups excluding carboxylic acids is 1. The Bertz CT molecular complexity index is 820. The van der Waals surface area contributed by atoms with Gasteiger partial charge in [0.25, 0.3) is 5.91 Å². The molecule has 1 aromatic carbocycles. The fourth-order valence-electron chi connectivity index (χ4n) is 2.28. The van der Waals surface area contributed by atoms with Crippen molar-refractivity contribution in [3.8, 4) is 0 Å². The Hall–Kier alpha value is -2.70. The van der Waals surface area contributed by atoms with E-state index >= 15 is 0 Å². The van der Waals surface area contributed by atoms with Crippen molar-refractivity contribution in [1.82, 2.24) is 19.3 Å². The monoisotopic (exact) mass is 287 g/mol. The number of hydrogen-bond donors (Lipinski definition) is 1. The first-order valence-corrected chi connectivity index (χ1v) is 6.55. The topological polar surface area (TPSA) is 64.7 Å². The number of rotatable bonds is 3. The minimum absolute atomic E-state index is 0.305. The summed E-state index contributed by atoms with van der Waals surface area (Å²) in [6.45, 7) is 2.55. The average Bonchev–Trinajstić information content (AvgIpc) is 3.01. The molecule has 0 atom stereocenters. The lowest BCUT2D eigenvalue weighted by molar-refractivity contribution is 0.101. The van der Waals surface area contributed by atoms with Crippen LogP contribution in [-0.2, 0) is 13.6 Å². The average molecular weight is 287 g/mol. The lowest BCUT2D eigenvalue weighted by Gasteiger charge is -2.07. The standard InChI is InChI=1S/C14H14FN5O/c1-3-20-11-5-4-9(15)8-10(11)17-14(20)18-13(21)12-6-7-16-19(12)2/h4-8H,3H2,1-2H3,(H,17,18,21). The summed E-state index contributed by atoms with van der Waals surface area (Å²) in [5, 5.41) is 6.70. The van der Waals surface area contributed by atoms with Crippen molar-refractivity contribution in [2.24, 2.45) is 7.05 Å². The maximum Gasteiger partial charge on any atom is 0.276 e. The predicted octanol–water partition coefficient (Wildman–Crippen LogP) is 2.18. The van der Waals surface area contributed by atoms with Crippen molar-refractivity contribution in [3.63, 3.8) is 0 Å². The van der Waals surface area contributed by atoms with Crippen molar-refractivity contribution in [2.45, 2.75) is 13.5 Å². The van der Waals surface area contributed by atoms with Crippen LogP contribution in [0.25, 0.3) is 11.0 Å². The number of benzene rings is 1. The summed E-state index contributed by atoms with van der Waals surface area (Å²) in [4.78, 5) is 16.5. The molecule has 1 N–H and O–H groups in total. The summed E-state index contributed by atoms with van der Waals surface area (Å²) in [7, 11) is 1.69. The first-order chi connectivity index (χ1) is 10.1. The van der Waals surface area contributed by atoms with Crippen molar-refractivity contribution in [1.29, 1.82) is 0 Å². The quantitative estimate of drug-likeness (QED) is 0.803. The van der Waals surface area contributed by atoms with Crippen LogP contribution in [0.5, 0.6) is 0 Å². The van der Waals surface area contributed by atoms with Gasteiger partial charge in [0.2, 0.25) is 5.95 Å². The molecule has 6 nitrogen and oxygen atoms in total. The maximum absolute atomic E-state index is 13.3. The highest BCUT2D eigenvalue weighted by Gasteiger charge is 2.15. The number of amides is 1.